The van der Waals surface area contributed by atoms with E-state index in [1.807, 2.05) is 24.3 Å². The van der Waals surface area contributed by atoms with Gasteiger partial charge in [-0.05, 0) is 25.0 Å². The van der Waals surface area contributed by atoms with Crippen molar-refractivity contribution in [3.05, 3.63) is 41.2 Å². The van der Waals surface area contributed by atoms with Crippen LogP contribution >= 0.6 is 11.3 Å². The Bertz CT molecular complexity index is 895. The fraction of sp³-hybridized carbons (Fsp3) is 0.294. The summed E-state index contributed by atoms with van der Waals surface area (Å²) in [6.07, 6.45) is 2.08. The summed E-state index contributed by atoms with van der Waals surface area (Å²) in [5, 5.41) is 7.97. The number of para-hydroxylation sites is 2. The number of nitrogens with zero attached hydrogens (tertiary/aromatic N) is 2. The standard InChI is InChI=1S/C17H17N5O2S/c23-15(18-8-14-20-12-3-1-2-4-13(12)21-14)7-11-9-25-17(19-11)22-16(24)10-5-6-10/h1-4,9-10H,5-8H2,(H,18,23)(H,20,21)(H,19,22,24). The highest BCUT2D eigenvalue weighted by Gasteiger charge is 2.30. The molecule has 1 aliphatic carbocycles. The number of carbonyl (C=O) groups excluding carboxylic acids is 2. The molecule has 2 amide bonds. The molecule has 1 saturated carbocycles. The van der Waals surface area contributed by atoms with Crippen LogP contribution in [0.3, 0.4) is 0 Å². The summed E-state index contributed by atoms with van der Waals surface area (Å²) in [7, 11) is 0. The molecule has 0 saturated heterocycles. The van der Waals surface area contributed by atoms with Gasteiger partial charge in [0.2, 0.25) is 11.8 Å². The van der Waals surface area contributed by atoms with Crippen LogP contribution in [-0.4, -0.2) is 26.8 Å². The number of hydrogen-bond acceptors (Lipinski definition) is 5. The number of hydrogen-bond donors (Lipinski definition) is 3. The molecule has 2 heterocycles. The van der Waals surface area contributed by atoms with Gasteiger partial charge in [0.05, 0.1) is 29.7 Å². The molecule has 3 N–H and O–H groups in total. The van der Waals surface area contributed by atoms with Gasteiger partial charge in [-0.15, -0.1) is 11.3 Å². The van der Waals surface area contributed by atoms with Gasteiger partial charge in [-0.25, -0.2) is 9.97 Å². The van der Waals surface area contributed by atoms with Crippen molar-refractivity contribution < 1.29 is 9.59 Å². The molecule has 25 heavy (non-hydrogen) atoms. The molecule has 3 aromatic rings. The van der Waals surface area contributed by atoms with Crippen LogP contribution in [0.1, 0.15) is 24.4 Å². The van der Waals surface area contributed by atoms with E-state index in [4.69, 9.17) is 0 Å². The normalized spacial score (nSPS) is 13.8. The summed E-state index contributed by atoms with van der Waals surface area (Å²) in [5.74, 6) is 0.741. The van der Waals surface area contributed by atoms with Gasteiger partial charge in [-0.3, -0.25) is 9.59 Å². The van der Waals surface area contributed by atoms with Crippen LogP contribution in [0.25, 0.3) is 11.0 Å². The minimum absolute atomic E-state index is 0.0234. The van der Waals surface area contributed by atoms with E-state index in [0.717, 1.165) is 23.9 Å². The fourth-order valence-corrected chi connectivity index (χ4v) is 3.21. The summed E-state index contributed by atoms with van der Waals surface area (Å²) in [5.41, 5.74) is 2.47. The number of aromatic amines is 1. The van der Waals surface area contributed by atoms with Crippen LogP contribution in [0.4, 0.5) is 5.13 Å². The summed E-state index contributed by atoms with van der Waals surface area (Å²) >= 11 is 1.34. The molecular weight excluding hydrogens is 338 g/mol. The number of fused-ring (bicyclic) bond motifs is 1. The second-order valence-electron chi connectivity index (χ2n) is 6.06. The fourth-order valence-electron chi connectivity index (χ4n) is 2.50. The number of rotatable bonds is 6. The number of benzene rings is 1. The smallest absolute Gasteiger partial charge is 0.229 e. The van der Waals surface area contributed by atoms with Crippen molar-refractivity contribution in [3.8, 4) is 0 Å². The van der Waals surface area contributed by atoms with E-state index in [1.54, 1.807) is 5.38 Å². The SMILES string of the molecule is O=C(Cc1csc(NC(=O)C2CC2)n1)NCc1nc2ccccc2[nH]1. The van der Waals surface area contributed by atoms with E-state index < -0.39 is 0 Å². The van der Waals surface area contributed by atoms with Crippen molar-refractivity contribution in [2.75, 3.05) is 5.32 Å². The Labute approximate surface area is 147 Å². The molecule has 4 rings (SSSR count). The number of imidazole rings is 1. The zero-order valence-corrected chi connectivity index (χ0v) is 14.2. The molecular formula is C17H17N5O2S. The van der Waals surface area contributed by atoms with Crippen LogP contribution in [0.5, 0.6) is 0 Å². The number of amides is 2. The predicted molar refractivity (Wildman–Crippen MR) is 95.1 cm³/mol. The lowest BCUT2D eigenvalue weighted by molar-refractivity contribution is -0.120. The Balaban J connectivity index is 1.29. The molecule has 0 unspecified atom stereocenters. The first-order valence-electron chi connectivity index (χ1n) is 8.13. The maximum Gasteiger partial charge on any atom is 0.229 e. The molecule has 0 atom stereocenters. The molecule has 7 nitrogen and oxygen atoms in total. The minimum Gasteiger partial charge on any atom is -0.349 e. The van der Waals surface area contributed by atoms with Gasteiger partial charge >= 0.3 is 0 Å². The number of thiazole rings is 1. The van der Waals surface area contributed by atoms with Gasteiger partial charge in [0, 0.05) is 11.3 Å². The first-order chi connectivity index (χ1) is 12.2. The summed E-state index contributed by atoms with van der Waals surface area (Å²) < 4.78 is 0. The maximum absolute atomic E-state index is 12.1. The summed E-state index contributed by atoms with van der Waals surface area (Å²) in [6.45, 7) is 0.336. The predicted octanol–water partition coefficient (Wildman–Crippen LogP) is 2.23. The zero-order chi connectivity index (χ0) is 17.2. The number of carbonyl (C=O) groups is 2. The van der Waals surface area contributed by atoms with Crippen molar-refractivity contribution in [2.45, 2.75) is 25.8 Å². The second kappa shape index (κ2) is 6.64. The third kappa shape index (κ3) is 3.85. The zero-order valence-electron chi connectivity index (χ0n) is 13.4. The number of nitrogens with one attached hydrogen (secondary N) is 3. The van der Waals surface area contributed by atoms with Crippen molar-refractivity contribution in [2.24, 2.45) is 5.92 Å². The van der Waals surface area contributed by atoms with Crippen molar-refractivity contribution in [3.63, 3.8) is 0 Å². The molecule has 1 aromatic carbocycles. The number of aromatic nitrogens is 3. The molecule has 1 fully saturated rings. The van der Waals surface area contributed by atoms with E-state index in [-0.39, 0.29) is 24.2 Å². The minimum atomic E-state index is -0.133. The van der Waals surface area contributed by atoms with Gasteiger partial charge in [0.25, 0.3) is 0 Å². The Morgan fingerprint density at radius 2 is 2.08 bits per heavy atom. The lowest BCUT2D eigenvalue weighted by Crippen LogP contribution is -2.25. The summed E-state index contributed by atoms with van der Waals surface area (Å²) in [4.78, 5) is 35.7. The van der Waals surface area contributed by atoms with E-state index in [2.05, 4.69) is 25.6 Å². The van der Waals surface area contributed by atoms with Crippen molar-refractivity contribution >= 4 is 39.3 Å². The molecule has 0 radical (unpaired) electrons. The highest BCUT2D eigenvalue weighted by molar-refractivity contribution is 7.13. The quantitative estimate of drug-likeness (QED) is 0.631. The van der Waals surface area contributed by atoms with Gasteiger partial charge in [0.15, 0.2) is 5.13 Å². The maximum atomic E-state index is 12.1. The van der Waals surface area contributed by atoms with Gasteiger partial charge in [-0.2, -0.15) is 0 Å². The van der Waals surface area contributed by atoms with Gasteiger partial charge in [-0.1, -0.05) is 12.1 Å². The average Bonchev–Trinajstić information content (AvgIpc) is 3.24. The third-order valence-electron chi connectivity index (χ3n) is 3.96. The average molecular weight is 355 g/mol. The molecule has 0 aliphatic heterocycles. The van der Waals surface area contributed by atoms with Crippen LogP contribution in [0.15, 0.2) is 29.6 Å². The molecule has 0 bridgehead atoms. The van der Waals surface area contributed by atoms with Gasteiger partial charge in [0.1, 0.15) is 5.82 Å². The largest absolute Gasteiger partial charge is 0.349 e. The molecule has 128 valence electrons. The highest BCUT2D eigenvalue weighted by atomic mass is 32.1. The molecule has 0 spiro atoms. The molecule has 8 heteroatoms. The Morgan fingerprint density at radius 3 is 2.88 bits per heavy atom. The Hall–Kier alpha value is -2.74. The van der Waals surface area contributed by atoms with Crippen LogP contribution in [0, 0.1) is 5.92 Å². The topological polar surface area (TPSA) is 99.8 Å². The first kappa shape index (κ1) is 15.8. The van der Waals surface area contributed by atoms with E-state index >= 15 is 0 Å². The highest BCUT2D eigenvalue weighted by Crippen LogP contribution is 2.30. The van der Waals surface area contributed by atoms with Gasteiger partial charge < -0.3 is 15.6 Å². The van der Waals surface area contributed by atoms with E-state index in [0.29, 0.717) is 23.2 Å². The third-order valence-corrected chi connectivity index (χ3v) is 4.77. The van der Waals surface area contributed by atoms with Crippen molar-refractivity contribution in [1.82, 2.24) is 20.3 Å². The first-order valence-corrected chi connectivity index (χ1v) is 9.01. The lowest BCUT2D eigenvalue weighted by atomic mass is 10.3. The lowest BCUT2D eigenvalue weighted by Gasteiger charge is -2.01. The van der Waals surface area contributed by atoms with E-state index in [1.165, 1.54) is 11.3 Å². The van der Waals surface area contributed by atoms with Crippen molar-refractivity contribution in [1.29, 1.82) is 0 Å². The molecule has 1 aliphatic rings. The molecule has 2 aromatic heterocycles. The Kier molecular flexibility index (Phi) is 4.19. The second-order valence-corrected chi connectivity index (χ2v) is 6.92. The number of anilines is 1. The number of H-pyrrole nitrogens is 1. The van der Waals surface area contributed by atoms with E-state index in [9.17, 15) is 9.59 Å². The van der Waals surface area contributed by atoms with Crippen LogP contribution < -0.4 is 10.6 Å². The van der Waals surface area contributed by atoms with Crippen LogP contribution in [-0.2, 0) is 22.6 Å². The van der Waals surface area contributed by atoms with Crippen LogP contribution in [0.2, 0.25) is 0 Å². The Morgan fingerprint density at radius 1 is 1.24 bits per heavy atom. The monoisotopic (exact) mass is 355 g/mol. The summed E-state index contributed by atoms with van der Waals surface area (Å²) in [6, 6.07) is 7.72.